The van der Waals surface area contributed by atoms with Gasteiger partial charge in [-0.25, -0.2) is 4.52 Å². The molecule has 86 valence electrons. The van der Waals surface area contributed by atoms with E-state index < -0.39 is 0 Å². The molecule has 4 nitrogen and oxygen atoms in total. The van der Waals surface area contributed by atoms with Crippen molar-refractivity contribution in [2.45, 2.75) is 0 Å². The van der Waals surface area contributed by atoms with E-state index in [4.69, 9.17) is 11.6 Å². The molecule has 0 fully saturated rings. The van der Waals surface area contributed by atoms with Gasteiger partial charge in [-0.15, -0.1) is 5.10 Å². The number of aromatic nitrogens is 3. The number of halogens is 1. The highest BCUT2D eigenvalue weighted by molar-refractivity contribution is 6.36. The van der Waals surface area contributed by atoms with E-state index in [0.717, 1.165) is 5.52 Å². The SMILES string of the molecule is O=c1c2ccccc2n2nnc3ccc(Cl)c1c32. The van der Waals surface area contributed by atoms with Gasteiger partial charge >= 0.3 is 0 Å². The fourth-order valence-corrected chi connectivity index (χ4v) is 2.60. The summed E-state index contributed by atoms with van der Waals surface area (Å²) in [5.41, 5.74) is 2.04. The van der Waals surface area contributed by atoms with Gasteiger partial charge in [-0.1, -0.05) is 28.9 Å². The Kier molecular flexibility index (Phi) is 1.73. The highest BCUT2D eigenvalue weighted by Crippen LogP contribution is 2.26. The highest BCUT2D eigenvalue weighted by atomic mass is 35.5. The van der Waals surface area contributed by atoms with Gasteiger partial charge < -0.3 is 0 Å². The molecule has 2 aromatic heterocycles. The Hall–Kier alpha value is -2.20. The molecular weight excluding hydrogens is 250 g/mol. The van der Waals surface area contributed by atoms with Crippen LogP contribution in [0.2, 0.25) is 5.02 Å². The summed E-state index contributed by atoms with van der Waals surface area (Å²) in [6, 6.07) is 10.8. The molecule has 0 unspecified atom stereocenters. The molecule has 0 aliphatic carbocycles. The van der Waals surface area contributed by atoms with Crippen molar-refractivity contribution in [3.63, 3.8) is 0 Å². The lowest BCUT2D eigenvalue weighted by molar-refractivity contribution is 0.890. The number of benzene rings is 2. The fourth-order valence-electron chi connectivity index (χ4n) is 2.36. The second-order valence-corrected chi connectivity index (χ2v) is 4.54. The van der Waals surface area contributed by atoms with Crippen LogP contribution in [0.5, 0.6) is 0 Å². The average Bonchev–Trinajstić information content (AvgIpc) is 2.82. The van der Waals surface area contributed by atoms with Gasteiger partial charge in [-0.05, 0) is 24.3 Å². The summed E-state index contributed by atoms with van der Waals surface area (Å²) in [4.78, 5) is 12.5. The number of hydrogen-bond donors (Lipinski definition) is 0. The minimum absolute atomic E-state index is 0.0731. The van der Waals surface area contributed by atoms with Crippen LogP contribution in [-0.2, 0) is 0 Å². The van der Waals surface area contributed by atoms with E-state index in [1.807, 2.05) is 18.2 Å². The molecule has 4 aromatic rings. The van der Waals surface area contributed by atoms with Gasteiger partial charge in [0.15, 0.2) is 5.43 Å². The maximum atomic E-state index is 12.5. The van der Waals surface area contributed by atoms with Crippen LogP contribution >= 0.6 is 11.6 Å². The maximum Gasteiger partial charge on any atom is 0.198 e. The van der Waals surface area contributed by atoms with Crippen molar-refractivity contribution in [3.05, 3.63) is 51.6 Å². The fraction of sp³-hybridized carbons (Fsp3) is 0. The van der Waals surface area contributed by atoms with Crippen molar-refractivity contribution in [2.24, 2.45) is 0 Å². The van der Waals surface area contributed by atoms with Crippen LogP contribution in [0, 0.1) is 0 Å². The van der Waals surface area contributed by atoms with Gasteiger partial charge in [0.1, 0.15) is 11.0 Å². The first kappa shape index (κ1) is 9.79. The number of rotatable bonds is 0. The van der Waals surface area contributed by atoms with E-state index in [9.17, 15) is 4.79 Å². The van der Waals surface area contributed by atoms with E-state index in [1.165, 1.54) is 0 Å². The van der Waals surface area contributed by atoms with E-state index in [-0.39, 0.29) is 5.43 Å². The summed E-state index contributed by atoms with van der Waals surface area (Å²) in [5.74, 6) is 0. The van der Waals surface area contributed by atoms with Crippen LogP contribution in [0.3, 0.4) is 0 Å². The first-order valence-electron chi connectivity index (χ1n) is 5.45. The zero-order valence-corrected chi connectivity index (χ0v) is 9.85. The summed E-state index contributed by atoms with van der Waals surface area (Å²) in [6.45, 7) is 0. The van der Waals surface area contributed by atoms with E-state index in [0.29, 0.717) is 26.8 Å². The Morgan fingerprint density at radius 2 is 1.94 bits per heavy atom. The van der Waals surface area contributed by atoms with E-state index >= 15 is 0 Å². The molecule has 2 heterocycles. The van der Waals surface area contributed by atoms with Gasteiger partial charge in [0.05, 0.1) is 15.9 Å². The molecule has 5 heteroatoms. The normalized spacial score (nSPS) is 11.8. The molecule has 0 atom stereocenters. The van der Waals surface area contributed by atoms with Crippen LogP contribution in [0.1, 0.15) is 0 Å². The summed E-state index contributed by atoms with van der Waals surface area (Å²) < 4.78 is 1.67. The minimum Gasteiger partial charge on any atom is -0.288 e. The lowest BCUT2D eigenvalue weighted by atomic mass is 10.1. The van der Waals surface area contributed by atoms with E-state index in [2.05, 4.69) is 10.3 Å². The van der Waals surface area contributed by atoms with Gasteiger partial charge in [0.25, 0.3) is 0 Å². The van der Waals surface area contributed by atoms with Crippen molar-refractivity contribution < 1.29 is 0 Å². The third-order valence-corrected chi connectivity index (χ3v) is 3.48. The summed E-state index contributed by atoms with van der Waals surface area (Å²) in [6.07, 6.45) is 0. The molecule has 2 aromatic carbocycles. The van der Waals surface area contributed by atoms with Crippen molar-refractivity contribution in [2.75, 3.05) is 0 Å². The lowest BCUT2D eigenvalue weighted by Crippen LogP contribution is -2.07. The molecule has 0 radical (unpaired) electrons. The van der Waals surface area contributed by atoms with Crippen LogP contribution in [-0.4, -0.2) is 14.8 Å². The number of pyridine rings is 1. The van der Waals surface area contributed by atoms with Crippen LogP contribution in [0.4, 0.5) is 0 Å². The van der Waals surface area contributed by atoms with Crippen LogP contribution in [0.15, 0.2) is 41.2 Å². The third kappa shape index (κ3) is 1.03. The van der Waals surface area contributed by atoms with Gasteiger partial charge in [-0.3, -0.25) is 4.79 Å². The molecule has 0 spiro atoms. The predicted molar refractivity (Wildman–Crippen MR) is 70.5 cm³/mol. The Bertz CT molecular complexity index is 961. The standard InChI is InChI=1S/C13H6ClN3O/c14-8-5-6-9-12-11(8)13(18)7-3-1-2-4-10(7)17(12)16-15-9/h1-6H. The van der Waals surface area contributed by atoms with Gasteiger partial charge in [-0.2, -0.15) is 0 Å². The molecule has 18 heavy (non-hydrogen) atoms. The molecule has 0 amide bonds. The first-order chi connectivity index (χ1) is 8.77. The van der Waals surface area contributed by atoms with Crippen LogP contribution in [0.25, 0.3) is 27.3 Å². The van der Waals surface area contributed by atoms with Crippen molar-refractivity contribution >= 4 is 38.9 Å². The van der Waals surface area contributed by atoms with Crippen molar-refractivity contribution in [1.82, 2.24) is 14.8 Å². The number of nitrogens with zero attached hydrogens (tertiary/aromatic N) is 3. The number of fused-ring (bicyclic) bond motifs is 2. The Morgan fingerprint density at radius 1 is 1.11 bits per heavy atom. The van der Waals surface area contributed by atoms with Crippen molar-refractivity contribution in [1.29, 1.82) is 0 Å². The largest absolute Gasteiger partial charge is 0.288 e. The quantitative estimate of drug-likeness (QED) is 0.454. The topological polar surface area (TPSA) is 47.3 Å². The van der Waals surface area contributed by atoms with Crippen LogP contribution < -0.4 is 5.43 Å². The molecule has 0 bridgehead atoms. The predicted octanol–water partition coefficient (Wildman–Crippen LogP) is 2.49. The van der Waals surface area contributed by atoms with Gasteiger partial charge in [0, 0.05) is 5.39 Å². The highest BCUT2D eigenvalue weighted by Gasteiger charge is 2.15. The Labute approximate surface area is 106 Å². The van der Waals surface area contributed by atoms with Crippen molar-refractivity contribution in [3.8, 4) is 0 Å². The molecule has 0 saturated heterocycles. The first-order valence-corrected chi connectivity index (χ1v) is 5.83. The summed E-state index contributed by atoms with van der Waals surface area (Å²) in [5, 5.41) is 9.69. The zero-order valence-electron chi connectivity index (χ0n) is 9.09. The average molecular weight is 256 g/mol. The second-order valence-electron chi connectivity index (χ2n) is 4.14. The molecule has 0 N–H and O–H groups in total. The Morgan fingerprint density at radius 3 is 2.83 bits per heavy atom. The van der Waals surface area contributed by atoms with E-state index in [1.54, 1.807) is 22.7 Å². The number of hydrogen-bond acceptors (Lipinski definition) is 3. The lowest BCUT2D eigenvalue weighted by Gasteiger charge is -2.03. The maximum absolute atomic E-state index is 12.5. The van der Waals surface area contributed by atoms with Gasteiger partial charge in [0.2, 0.25) is 0 Å². The minimum atomic E-state index is -0.0731. The number of para-hydroxylation sites is 1. The molecular formula is C13H6ClN3O. The second kappa shape index (κ2) is 3.17. The molecule has 0 aliphatic heterocycles. The smallest absolute Gasteiger partial charge is 0.198 e. The molecule has 4 rings (SSSR count). The third-order valence-electron chi connectivity index (χ3n) is 3.16. The summed E-state index contributed by atoms with van der Waals surface area (Å²) in [7, 11) is 0. The Balaban J connectivity index is 2.53. The summed E-state index contributed by atoms with van der Waals surface area (Å²) >= 11 is 6.14. The molecule has 0 aliphatic rings. The molecule has 0 saturated carbocycles. The monoisotopic (exact) mass is 255 g/mol. The zero-order chi connectivity index (χ0) is 12.3.